The summed E-state index contributed by atoms with van der Waals surface area (Å²) in [5, 5.41) is 9.11. The number of anilines is 1. The summed E-state index contributed by atoms with van der Waals surface area (Å²) >= 11 is 0. The normalized spacial score (nSPS) is 26.6. The Bertz CT molecular complexity index is 707. The van der Waals surface area contributed by atoms with Crippen molar-refractivity contribution in [2.45, 2.75) is 31.5 Å². The summed E-state index contributed by atoms with van der Waals surface area (Å²) in [6, 6.07) is 17.7. The molecule has 3 nitrogen and oxygen atoms in total. The average molecular weight is 277 g/mol. The predicted octanol–water partition coefficient (Wildman–Crippen LogP) is 4.32. The smallest absolute Gasteiger partial charge is 0.107 e. The van der Waals surface area contributed by atoms with E-state index in [0.717, 1.165) is 6.54 Å². The van der Waals surface area contributed by atoms with Gasteiger partial charge >= 0.3 is 0 Å². The van der Waals surface area contributed by atoms with Crippen LogP contribution in [-0.4, -0.2) is 13.1 Å². The van der Waals surface area contributed by atoms with E-state index in [1.165, 1.54) is 22.4 Å². The molecule has 0 radical (unpaired) electrons. The second kappa shape index (κ2) is 4.69. The molecule has 0 saturated heterocycles. The van der Waals surface area contributed by atoms with Gasteiger partial charge < -0.3 is 4.90 Å². The van der Waals surface area contributed by atoms with Crippen LogP contribution < -0.4 is 4.90 Å². The van der Waals surface area contributed by atoms with Gasteiger partial charge in [0.05, 0.1) is 6.04 Å². The lowest BCUT2D eigenvalue weighted by molar-refractivity contribution is 0.550. The monoisotopic (exact) mass is 277 g/mol. The molecule has 106 valence electrons. The third-order valence-electron chi connectivity index (χ3n) is 4.72. The van der Waals surface area contributed by atoms with Crippen molar-refractivity contribution in [3.63, 3.8) is 0 Å². The zero-order valence-electron chi connectivity index (χ0n) is 12.4. The van der Waals surface area contributed by atoms with Crippen molar-refractivity contribution in [1.29, 1.82) is 0 Å². The summed E-state index contributed by atoms with van der Waals surface area (Å²) in [4.78, 5) is 2.32. The van der Waals surface area contributed by atoms with Gasteiger partial charge in [-0.25, -0.2) is 0 Å². The molecule has 0 saturated carbocycles. The Balaban J connectivity index is 1.94. The molecule has 0 N–H and O–H groups in total. The second-order valence-electron chi connectivity index (χ2n) is 6.06. The molecule has 0 fully saturated rings. The van der Waals surface area contributed by atoms with Crippen LogP contribution in [0.25, 0.3) is 0 Å². The first kappa shape index (κ1) is 12.6. The van der Waals surface area contributed by atoms with Crippen molar-refractivity contribution in [2.24, 2.45) is 10.2 Å². The van der Waals surface area contributed by atoms with Crippen LogP contribution >= 0.6 is 0 Å². The maximum Gasteiger partial charge on any atom is 0.107 e. The van der Waals surface area contributed by atoms with E-state index >= 15 is 0 Å². The van der Waals surface area contributed by atoms with Gasteiger partial charge in [0.1, 0.15) is 6.04 Å². The van der Waals surface area contributed by atoms with Crippen LogP contribution in [0.1, 0.15) is 35.6 Å². The van der Waals surface area contributed by atoms with Crippen molar-refractivity contribution in [3.05, 3.63) is 65.2 Å². The van der Waals surface area contributed by atoms with E-state index in [1.54, 1.807) is 0 Å². The maximum absolute atomic E-state index is 4.61. The third-order valence-corrected chi connectivity index (χ3v) is 4.72. The number of nitrogens with zero attached hydrogens (tertiary/aromatic N) is 3. The number of hydrogen-bond donors (Lipinski definition) is 0. The molecule has 0 bridgehead atoms. The minimum absolute atomic E-state index is 0.139. The molecule has 3 heteroatoms. The first-order valence-corrected chi connectivity index (χ1v) is 7.53. The fourth-order valence-corrected chi connectivity index (χ4v) is 3.70. The summed E-state index contributed by atoms with van der Waals surface area (Å²) in [7, 11) is 2.16. The van der Waals surface area contributed by atoms with Gasteiger partial charge in [-0.2, -0.15) is 10.2 Å². The van der Waals surface area contributed by atoms with Gasteiger partial charge in [0.15, 0.2) is 0 Å². The SMILES string of the molecule is CC1N=NC2c3ccccc3N(C)Cc3ccccc3C12. The summed E-state index contributed by atoms with van der Waals surface area (Å²) in [6.45, 7) is 3.11. The Labute approximate surface area is 125 Å². The minimum atomic E-state index is 0.139. The van der Waals surface area contributed by atoms with E-state index in [9.17, 15) is 0 Å². The average Bonchev–Trinajstić information content (AvgIpc) is 2.88. The van der Waals surface area contributed by atoms with Crippen molar-refractivity contribution in [1.82, 2.24) is 0 Å². The van der Waals surface area contributed by atoms with Crippen molar-refractivity contribution >= 4 is 5.69 Å². The Morgan fingerprint density at radius 3 is 2.52 bits per heavy atom. The van der Waals surface area contributed by atoms with Crippen molar-refractivity contribution in [3.8, 4) is 0 Å². The highest BCUT2D eigenvalue weighted by molar-refractivity contribution is 5.58. The predicted molar refractivity (Wildman–Crippen MR) is 84.8 cm³/mol. The highest BCUT2D eigenvalue weighted by Crippen LogP contribution is 2.48. The molecule has 0 spiro atoms. The van der Waals surface area contributed by atoms with E-state index in [2.05, 4.69) is 77.6 Å². The van der Waals surface area contributed by atoms with Gasteiger partial charge in [-0.1, -0.05) is 42.5 Å². The quantitative estimate of drug-likeness (QED) is 0.705. The van der Waals surface area contributed by atoms with Crippen LogP contribution in [0.3, 0.4) is 0 Å². The third kappa shape index (κ3) is 1.88. The molecule has 4 rings (SSSR count). The molecule has 2 aliphatic rings. The fraction of sp³-hybridized carbons (Fsp3) is 0.333. The van der Waals surface area contributed by atoms with E-state index in [4.69, 9.17) is 0 Å². The Kier molecular flexibility index (Phi) is 2.81. The summed E-state index contributed by atoms with van der Waals surface area (Å²) in [5.74, 6) is 0.357. The van der Waals surface area contributed by atoms with Gasteiger partial charge in [-0.15, -0.1) is 0 Å². The van der Waals surface area contributed by atoms with Crippen LogP contribution in [-0.2, 0) is 6.54 Å². The second-order valence-corrected chi connectivity index (χ2v) is 6.06. The number of rotatable bonds is 0. The molecule has 0 aliphatic carbocycles. The van der Waals surface area contributed by atoms with Crippen molar-refractivity contribution in [2.75, 3.05) is 11.9 Å². The number of fused-ring (bicyclic) bond motifs is 5. The largest absolute Gasteiger partial charge is 0.370 e. The number of para-hydroxylation sites is 1. The number of hydrogen-bond acceptors (Lipinski definition) is 3. The van der Waals surface area contributed by atoms with Crippen LogP contribution in [0, 0.1) is 0 Å². The first-order valence-electron chi connectivity index (χ1n) is 7.53. The van der Waals surface area contributed by atoms with Crippen LogP contribution in [0.15, 0.2) is 58.8 Å². The summed E-state index contributed by atoms with van der Waals surface area (Å²) < 4.78 is 0. The maximum atomic E-state index is 4.61. The molecular formula is C18H19N3. The minimum Gasteiger partial charge on any atom is -0.370 e. The molecule has 2 aliphatic heterocycles. The topological polar surface area (TPSA) is 28.0 Å². The van der Waals surface area contributed by atoms with Crippen molar-refractivity contribution < 1.29 is 0 Å². The first-order chi connectivity index (χ1) is 10.3. The molecule has 2 aromatic rings. The van der Waals surface area contributed by atoms with Gasteiger partial charge in [0.2, 0.25) is 0 Å². The molecule has 2 heterocycles. The zero-order valence-corrected chi connectivity index (χ0v) is 12.4. The van der Waals surface area contributed by atoms with E-state index in [-0.39, 0.29) is 12.1 Å². The Morgan fingerprint density at radius 2 is 1.67 bits per heavy atom. The molecule has 0 amide bonds. The van der Waals surface area contributed by atoms with E-state index in [0.29, 0.717) is 5.92 Å². The van der Waals surface area contributed by atoms with Gasteiger partial charge in [-0.05, 0) is 24.1 Å². The lowest BCUT2D eigenvalue weighted by atomic mass is 9.80. The van der Waals surface area contributed by atoms with Gasteiger partial charge in [-0.3, -0.25) is 0 Å². The van der Waals surface area contributed by atoms with Crippen LogP contribution in [0.4, 0.5) is 5.69 Å². The number of azo groups is 1. The van der Waals surface area contributed by atoms with Gasteiger partial charge in [0, 0.05) is 30.8 Å². The lowest BCUT2D eigenvalue weighted by Gasteiger charge is -2.32. The van der Waals surface area contributed by atoms with Crippen LogP contribution in [0.2, 0.25) is 0 Å². The zero-order chi connectivity index (χ0) is 14.4. The number of benzene rings is 2. The Morgan fingerprint density at radius 1 is 0.952 bits per heavy atom. The molecular weight excluding hydrogens is 258 g/mol. The summed E-state index contributed by atoms with van der Waals surface area (Å²) in [6.07, 6.45) is 0. The molecule has 21 heavy (non-hydrogen) atoms. The lowest BCUT2D eigenvalue weighted by Crippen LogP contribution is -2.26. The van der Waals surface area contributed by atoms with E-state index < -0.39 is 0 Å². The molecule has 3 unspecified atom stereocenters. The Hall–Kier alpha value is -2.16. The van der Waals surface area contributed by atoms with E-state index in [1.807, 2.05) is 0 Å². The molecule has 0 aromatic heterocycles. The van der Waals surface area contributed by atoms with Crippen LogP contribution in [0.5, 0.6) is 0 Å². The highest BCUT2D eigenvalue weighted by atomic mass is 15.2. The van der Waals surface area contributed by atoms with Gasteiger partial charge in [0.25, 0.3) is 0 Å². The fourth-order valence-electron chi connectivity index (χ4n) is 3.70. The highest BCUT2D eigenvalue weighted by Gasteiger charge is 2.38. The summed E-state index contributed by atoms with van der Waals surface area (Å²) in [5.41, 5.74) is 5.37. The molecule has 3 atom stereocenters. The standard InChI is InChI=1S/C18H19N3/c1-12-17-14-8-4-3-7-13(14)11-21(2)16-10-6-5-9-15(16)18(17)20-19-12/h3-10,12,17-18H,11H2,1-2H3. The molecule has 2 aromatic carbocycles.